The molecule has 3 rings (SSSR count). The highest BCUT2D eigenvalue weighted by Crippen LogP contribution is 2.30. The Hall–Kier alpha value is -2.45. The summed E-state index contributed by atoms with van der Waals surface area (Å²) in [6, 6.07) is 8.21. The van der Waals surface area contributed by atoms with Crippen LogP contribution in [-0.2, 0) is 16.3 Å². The average molecular weight is 373 g/mol. The van der Waals surface area contributed by atoms with Gasteiger partial charge in [-0.3, -0.25) is 0 Å². The first-order chi connectivity index (χ1) is 12.2. The maximum atomic E-state index is 13.1. The van der Waals surface area contributed by atoms with Gasteiger partial charge in [0.2, 0.25) is 9.84 Å². The fourth-order valence-corrected chi connectivity index (χ4v) is 4.47. The number of hydrogen-bond acceptors (Lipinski definition) is 6. The summed E-state index contributed by atoms with van der Waals surface area (Å²) in [5.74, 6) is -0.0337. The number of sulfone groups is 1. The molecule has 0 aliphatic heterocycles. The maximum Gasteiger partial charge on any atom is 0.214 e. The fourth-order valence-electron chi connectivity index (χ4n) is 3.03. The van der Waals surface area contributed by atoms with Crippen LogP contribution in [-0.4, -0.2) is 48.6 Å². The first kappa shape index (κ1) is 18.3. The number of hydrogen-bond donors (Lipinski definition) is 1. The molecule has 2 heterocycles. The summed E-state index contributed by atoms with van der Waals surface area (Å²) < 4.78 is 27.7. The van der Waals surface area contributed by atoms with E-state index in [1.165, 1.54) is 0 Å². The molecule has 3 aromatic rings. The summed E-state index contributed by atoms with van der Waals surface area (Å²) in [6.45, 7) is 4.67. The second-order valence-corrected chi connectivity index (χ2v) is 8.47. The molecule has 0 amide bonds. The highest BCUT2D eigenvalue weighted by Gasteiger charge is 2.28. The van der Waals surface area contributed by atoms with Crippen LogP contribution in [0.5, 0.6) is 0 Å². The summed E-state index contributed by atoms with van der Waals surface area (Å²) in [7, 11) is 0.210. The number of aromatic nitrogens is 3. The second kappa shape index (κ2) is 6.69. The van der Waals surface area contributed by atoms with Crippen LogP contribution in [0.4, 0.5) is 5.82 Å². The Morgan fingerprint density at radius 1 is 1.15 bits per heavy atom. The molecule has 0 saturated carbocycles. The topological polar surface area (TPSA) is 93.6 Å². The van der Waals surface area contributed by atoms with E-state index in [0.29, 0.717) is 0 Å². The third-order valence-electron chi connectivity index (χ3n) is 4.44. The SMILES string of the molecule is Cc1nc2c(S(=O)(=O)c3ccccc3)c(N)nn2c(C)c1CCN(C)C. The summed E-state index contributed by atoms with van der Waals surface area (Å²) in [5.41, 5.74) is 8.98. The van der Waals surface area contributed by atoms with Crippen LogP contribution < -0.4 is 5.73 Å². The Balaban J connectivity index is 2.22. The van der Waals surface area contributed by atoms with Gasteiger partial charge in [-0.1, -0.05) is 18.2 Å². The molecule has 0 fully saturated rings. The number of nitrogens with two attached hydrogens (primary N) is 1. The van der Waals surface area contributed by atoms with Gasteiger partial charge in [0.05, 0.1) is 4.90 Å². The van der Waals surface area contributed by atoms with Crippen LogP contribution in [0.2, 0.25) is 0 Å². The zero-order chi connectivity index (χ0) is 19.1. The van der Waals surface area contributed by atoms with Gasteiger partial charge in [-0.05, 0) is 52.1 Å². The Morgan fingerprint density at radius 2 is 1.81 bits per heavy atom. The minimum atomic E-state index is -3.80. The van der Waals surface area contributed by atoms with E-state index < -0.39 is 9.84 Å². The highest BCUT2D eigenvalue weighted by molar-refractivity contribution is 7.91. The van der Waals surface area contributed by atoms with Crippen LogP contribution >= 0.6 is 0 Å². The number of likely N-dealkylation sites (N-methyl/N-ethyl adjacent to an activating group) is 1. The largest absolute Gasteiger partial charge is 0.381 e. The molecule has 0 aliphatic rings. The first-order valence-electron chi connectivity index (χ1n) is 8.32. The van der Waals surface area contributed by atoms with Crippen molar-refractivity contribution in [3.8, 4) is 0 Å². The van der Waals surface area contributed by atoms with Crippen LogP contribution in [0, 0.1) is 13.8 Å². The van der Waals surface area contributed by atoms with Crippen molar-refractivity contribution < 1.29 is 8.42 Å². The van der Waals surface area contributed by atoms with E-state index in [1.807, 2.05) is 27.9 Å². The number of rotatable bonds is 5. The van der Waals surface area contributed by atoms with E-state index >= 15 is 0 Å². The van der Waals surface area contributed by atoms with E-state index in [4.69, 9.17) is 5.73 Å². The molecular formula is C18H23N5O2S. The standard InChI is InChI=1S/C18H23N5O2S/c1-12-15(10-11-22(3)4)13(2)23-18(20-12)16(17(19)21-23)26(24,25)14-8-6-5-7-9-14/h5-9H,10-11H2,1-4H3,(H2,19,21). The van der Waals surface area contributed by atoms with Crippen LogP contribution in [0.1, 0.15) is 17.0 Å². The van der Waals surface area contributed by atoms with Crippen LogP contribution in [0.25, 0.3) is 5.65 Å². The predicted octanol–water partition coefficient (Wildman–Crippen LogP) is 1.87. The molecule has 0 bridgehead atoms. The molecule has 0 radical (unpaired) electrons. The van der Waals surface area contributed by atoms with Gasteiger partial charge in [0.25, 0.3) is 0 Å². The van der Waals surface area contributed by atoms with Crippen molar-refractivity contribution >= 4 is 21.3 Å². The number of fused-ring (bicyclic) bond motifs is 1. The molecule has 0 aliphatic carbocycles. The summed E-state index contributed by atoms with van der Waals surface area (Å²) in [5, 5.41) is 4.27. The number of nitrogens with zero attached hydrogens (tertiary/aromatic N) is 4. The Morgan fingerprint density at radius 3 is 2.42 bits per heavy atom. The van der Waals surface area contributed by atoms with Crippen molar-refractivity contribution in [3.63, 3.8) is 0 Å². The predicted molar refractivity (Wildman–Crippen MR) is 101 cm³/mol. The van der Waals surface area contributed by atoms with Gasteiger partial charge in [0.1, 0.15) is 0 Å². The lowest BCUT2D eigenvalue weighted by molar-refractivity contribution is 0.412. The summed E-state index contributed by atoms with van der Waals surface area (Å²) >= 11 is 0. The molecule has 8 heteroatoms. The van der Waals surface area contributed by atoms with Gasteiger partial charge in [0.15, 0.2) is 16.4 Å². The lowest BCUT2D eigenvalue weighted by atomic mass is 10.1. The number of benzene rings is 1. The van der Waals surface area contributed by atoms with E-state index in [2.05, 4.69) is 15.0 Å². The molecule has 2 N–H and O–H groups in total. The number of nitrogen functional groups attached to an aromatic ring is 1. The minimum absolute atomic E-state index is 0.0333. The first-order valence-corrected chi connectivity index (χ1v) is 9.81. The van der Waals surface area contributed by atoms with Gasteiger partial charge in [0, 0.05) is 17.9 Å². The molecule has 0 atom stereocenters. The molecule has 7 nitrogen and oxygen atoms in total. The molecule has 138 valence electrons. The molecule has 2 aromatic heterocycles. The third-order valence-corrected chi connectivity index (χ3v) is 6.26. The molecule has 0 saturated heterocycles. The van der Waals surface area contributed by atoms with Crippen molar-refractivity contribution in [3.05, 3.63) is 47.3 Å². The van der Waals surface area contributed by atoms with Crippen LogP contribution in [0.3, 0.4) is 0 Å². The van der Waals surface area contributed by atoms with E-state index in [0.717, 1.165) is 29.9 Å². The lowest BCUT2D eigenvalue weighted by Gasteiger charge is -2.14. The molecule has 26 heavy (non-hydrogen) atoms. The highest BCUT2D eigenvalue weighted by atomic mass is 32.2. The van der Waals surface area contributed by atoms with Gasteiger partial charge in [-0.2, -0.15) is 0 Å². The summed E-state index contributed by atoms with van der Waals surface area (Å²) in [6.07, 6.45) is 0.800. The smallest absolute Gasteiger partial charge is 0.214 e. The van der Waals surface area contributed by atoms with Gasteiger partial charge < -0.3 is 10.6 Å². The van der Waals surface area contributed by atoms with Gasteiger partial charge in [-0.25, -0.2) is 17.9 Å². The number of anilines is 1. The summed E-state index contributed by atoms with van der Waals surface area (Å²) in [4.78, 5) is 6.78. The quantitative estimate of drug-likeness (QED) is 0.734. The fraction of sp³-hybridized carbons (Fsp3) is 0.333. The Kier molecular flexibility index (Phi) is 4.72. The van der Waals surface area contributed by atoms with Gasteiger partial charge >= 0.3 is 0 Å². The average Bonchev–Trinajstić information content (AvgIpc) is 2.92. The van der Waals surface area contributed by atoms with Crippen molar-refractivity contribution in [2.24, 2.45) is 0 Å². The molecular weight excluding hydrogens is 350 g/mol. The van der Waals surface area contributed by atoms with Crippen LogP contribution in [0.15, 0.2) is 40.1 Å². The van der Waals surface area contributed by atoms with Crippen molar-refractivity contribution in [1.82, 2.24) is 19.5 Å². The zero-order valence-electron chi connectivity index (χ0n) is 15.4. The third kappa shape index (κ3) is 3.06. The number of aryl methyl sites for hydroxylation is 2. The van der Waals surface area contributed by atoms with Crippen molar-refractivity contribution in [1.29, 1.82) is 0 Å². The Bertz CT molecular complexity index is 1060. The van der Waals surface area contributed by atoms with Crippen molar-refractivity contribution in [2.45, 2.75) is 30.1 Å². The Labute approximate surface area is 153 Å². The molecule has 0 spiro atoms. The normalized spacial score (nSPS) is 12.2. The molecule has 0 unspecified atom stereocenters. The van der Waals surface area contributed by atoms with E-state index in [9.17, 15) is 8.42 Å². The minimum Gasteiger partial charge on any atom is -0.381 e. The van der Waals surface area contributed by atoms with E-state index in [-0.39, 0.29) is 21.3 Å². The van der Waals surface area contributed by atoms with Gasteiger partial charge in [-0.15, -0.1) is 5.10 Å². The zero-order valence-corrected chi connectivity index (χ0v) is 16.2. The second-order valence-electron chi connectivity index (χ2n) is 6.58. The lowest BCUT2D eigenvalue weighted by Crippen LogP contribution is -2.17. The molecule has 1 aromatic carbocycles. The maximum absolute atomic E-state index is 13.1. The van der Waals surface area contributed by atoms with Crippen molar-refractivity contribution in [2.75, 3.05) is 26.4 Å². The van der Waals surface area contributed by atoms with E-state index in [1.54, 1.807) is 34.8 Å². The monoisotopic (exact) mass is 373 g/mol.